The topological polar surface area (TPSA) is 67.4 Å². The predicted molar refractivity (Wildman–Crippen MR) is 90.9 cm³/mol. The van der Waals surface area contributed by atoms with Gasteiger partial charge in [-0.2, -0.15) is 0 Å². The fourth-order valence-electron chi connectivity index (χ4n) is 2.09. The molecule has 9 heteroatoms. The van der Waals surface area contributed by atoms with Crippen molar-refractivity contribution < 1.29 is 27.5 Å². The van der Waals surface area contributed by atoms with Crippen molar-refractivity contribution in [3.8, 4) is 5.75 Å². The van der Waals surface area contributed by atoms with Gasteiger partial charge in [-0.15, -0.1) is 0 Å². The van der Waals surface area contributed by atoms with E-state index in [4.69, 9.17) is 16.3 Å². The van der Waals surface area contributed by atoms with Gasteiger partial charge in [-0.25, -0.2) is 13.2 Å². The number of halogens is 4. The molecule has 2 amide bonds. The van der Waals surface area contributed by atoms with E-state index in [0.717, 1.165) is 6.07 Å². The molecular weight excluding hydrogens is 373 g/mol. The number of amides is 2. The SMILES string of the molecule is COc1cc(Cl)c(C)cc1NC(=O)CC(=O)Nc1ccc(F)c(F)c1F. The van der Waals surface area contributed by atoms with E-state index in [2.05, 4.69) is 5.32 Å². The molecule has 0 aromatic heterocycles. The van der Waals surface area contributed by atoms with Crippen molar-refractivity contribution in [3.05, 3.63) is 52.3 Å². The molecule has 0 saturated carbocycles. The molecule has 26 heavy (non-hydrogen) atoms. The van der Waals surface area contributed by atoms with Gasteiger partial charge in [0.15, 0.2) is 17.5 Å². The molecule has 138 valence electrons. The summed E-state index contributed by atoms with van der Waals surface area (Å²) in [7, 11) is 1.38. The molecule has 0 radical (unpaired) electrons. The number of ether oxygens (including phenoxy) is 1. The zero-order chi connectivity index (χ0) is 19.4. The van der Waals surface area contributed by atoms with Gasteiger partial charge in [0.2, 0.25) is 11.8 Å². The minimum absolute atomic E-state index is 0.293. The molecule has 0 bridgehead atoms. The van der Waals surface area contributed by atoms with Crippen LogP contribution in [0.15, 0.2) is 24.3 Å². The maximum atomic E-state index is 13.5. The van der Waals surface area contributed by atoms with E-state index < -0.39 is 41.4 Å². The number of anilines is 2. The first kappa shape index (κ1) is 19.6. The zero-order valence-electron chi connectivity index (χ0n) is 13.8. The first-order valence-electron chi connectivity index (χ1n) is 7.30. The third kappa shape index (κ3) is 4.45. The Labute approximate surface area is 152 Å². The number of aryl methyl sites for hydroxylation is 1. The number of nitrogens with one attached hydrogen (secondary N) is 2. The number of carbonyl (C=O) groups is 2. The fraction of sp³-hybridized carbons (Fsp3) is 0.176. The molecule has 0 atom stereocenters. The summed E-state index contributed by atoms with van der Waals surface area (Å²) in [5.74, 6) is -5.98. The molecule has 0 saturated heterocycles. The quantitative estimate of drug-likeness (QED) is 0.602. The van der Waals surface area contributed by atoms with E-state index in [1.807, 2.05) is 5.32 Å². The van der Waals surface area contributed by atoms with Gasteiger partial charge in [-0.3, -0.25) is 9.59 Å². The van der Waals surface area contributed by atoms with E-state index >= 15 is 0 Å². The lowest BCUT2D eigenvalue weighted by molar-refractivity contribution is -0.123. The van der Waals surface area contributed by atoms with Crippen LogP contribution < -0.4 is 15.4 Å². The van der Waals surface area contributed by atoms with Crippen LogP contribution in [0.2, 0.25) is 5.02 Å². The maximum absolute atomic E-state index is 13.5. The van der Waals surface area contributed by atoms with Gasteiger partial charge in [0.05, 0.1) is 18.5 Å². The Bertz CT molecular complexity index is 875. The zero-order valence-corrected chi connectivity index (χ0v) is 14.5. The van der Waals surface area contributed by atoms with Crippen molar-refractivity contribution in [1.29, 1.82) is 0 Å². The summed E-state index contributed by atoms with van der Waals surface area (Å²) in [6, 6.07) is 4.58. The number of benzene rings is 2. The van der Waals surface area contributed by atoms with Crippen molar-refractivity contribution in [2.75, 3.05) is 17.7 Å². The van der Waals surface area contributed by atoms with E-state index in [0.29, 0.717) is 28.1 Å². The molecule has 0 heterocycles. The van der Waals surface area contributed by atoms with Crippen molar-refractivity contribution in [2.45, 2.75) is 13.3 Å². The third-order valence-corrected chi connectivity index (χ3v) is 3.79. The summed E-state index contributed by atoms with van der Waals surface area (Å²) in [6.07, 6.45) is -0.677. The third-order valence-electron chi connectivity index (χ3n) is 3.39. The lowest BCUT2D eigenvalue weighted by Gasteiger charge is -2.12. The second kappa shape index (κ2) is 8.09. The van der Waals surface area contributed by atoms with Gasteiger partial charge < -0.3 is 15.4 Å². The number of methoxy groups -OCH3 is 1. The van der Waals surface area contributed by atoms with E-state index in [-0.39, 0.29) is 0 Å². The first-order valence-corrected chi connectivity index (χ1v) is 7.68. The fourth-order valence-corrected chi connectivity index (χ4v) is 2.24. The van der Waals surface area contributed by atoms with Gasteiger partial charge >= 0.3 is 0 Å². The highest BCUT2D eigenvalue weighted by Gasteiger charge is 2.18. The molecule has 2 aromatic rings. The maximum Gasteiger partial charge on any atom is 0.233 e. The Balaban J connectivity index is 2.05. The van der Waals surface area contributed by atoms with Crippen LogP contribution in [0.3, 0.4) is 0 Å². The highest BCUT2D eigenvalue weighted by atomic mass is 35.5. The normalized spacial score (nSPS) is 10.4. The van der Waals surface area contributed by atoms with Gasteiger partial charge in [-0.1, -0.05) is 11.6 Å². The Morgan fingerprint density at radius 3 is 2.27 bits per heavy atom. The van der Waals surface area contributed by atoms with Gasteiger partial charge in [-0.05, 0) is 30.7 Å². The van der Waals surface area contributed by atoms with Crippen molar-refractivity contribution in [2.24, 2.45) is 0 Å². The second-order valence-corrected chi connectivity index (χ2v) is 5.70. The van der Waals surface area contributed by atoms with Gasteiger partial charge in [0.1, 0.15) is 12.2 Å². The highest BCUT2D eigenvalue weighted by Crippen LogP contribution is 2.31. The molecular formula is C17H14ClF3N2O3. The lowest BCUT2D eigenvalue weighted by Crippen LogP contribution is -2.22. The molecule has 2 aromatic carbocycles. The second-order valence-electron chi connectivity index (χ2n) is 5.30. The molecule has 0 aliphatic carbocycles. The van der Waals surface area contributed by atoms with E-state index in [1.165, 1.54) is 13.2 Å². The summed E-state index contributed by atoms with van der Waals surface area (Å²) in [5, 5.41) is 4.92. The molecule has 0 aliphatic heterocycles. The summed E-state index contributed by atoms with van der Waals surface area (Å²) in [6.45, 7) is 1.72. The van der Waals surface area contributed by atoms with Crippen molar-refractivity contribution >= 4 is 34.8 Å². The van der Waals surface area contributed by atoms with E-state index in [9.17, 15) is 22.8 Å². The Morgan fingerprint density at radius 2 is 1.65 bits per heavy atom. The molecule has 0 spiro atoms. The van der Waals surface area contributed by atoms with Crippen LogP contribution in [-0.2, 0) is 9.59 Å². The minimum Gasteiger partial charge on any atom is -0.495 e. The smallest absolute Gasteiger partial charge is 0.233 e. The summed E-state index contributed by atoms with van der Waals surface area (Å²) < 4.78 is 44.6. The van der Waals surface area contributed by atoms with Crippen LogP contribution >= 0.6 is 11.6 Å². The molecule has 2 N–H and O–H groups in total. The lowest BCUT2D eigenvalue weighted by atomic mass is 10.2. The van der Waals surface area contributed by atoms with Gasteiger partial charge in [0, 0.05) is 11.1 Å². The van der Waals surface area contributed by atoms with Gasteiger partial charge in [0.25, 0.3) is 0 Å². The van der Waals surface area contributed by atoms with Crippen LogP contribution in [0.4, 0.5) is 24.5 Å². The van der Waals surface area contributed by atoms with Crippen LogP contribution in [-0.4, -0.2) is 18.9 Å². The number of rotatable bonds is 5. The van der Waals surface area contributed by atoms with E-state index in [1.54, 1.807) is 13.0 Å². The number of hydrogen-bond donors (Lipinski definition) is 2. The van der Waals surface area contributed by atoms with Crippen LogP contribution in [0.5, 0.6) is 5.75 Å². The molecule has 0 aliphatic rings. The van der Waals surface area contributed by atoms with Crippen LogP contribution in [0, 0.1) is 24.4 Å². The average molecular weight is 387 g/mol. The van der Waals surface area contributed by atoms with Crippen molar-refractivity contribution in [3.63, 3.8) is 0 Å². The Morgan fingerprint density at radius 1 is 1.04 bits per heavy atom. The standard InChI is InChI=1S/C17H14ClF3N2O3/c1-8-5-12(13(26-2)6-9(8)18)23-15(25)7-14(24)22-11-4-3-10(19)16(20)17(11)21/h3-6H,7H2,1-2H3,(H,22,24)(H,23,25). The van der Waals surface area contributed by atoms with Crippen LogP contribution in [0.1, 0.15) is 12.0 Å². The largest absolute Gasteiger partial charge is 0.495 e. The minimum atomic E-state index is -1.71. The van der Waals surface area contributed by atoms with Crippen molar-refractivity contribution in [1.82, 2.24) is 0 Å². The highest BCUT2D eigenvalue weighted by molar-refractivity contribution is 6.31. The first-order chi connectivity index (χ1) is 12.2. The summed E-state index contributed by atoms with van der Waals surface area (Å²) in [4.78, 5) is 23.8. The molecule has 2 rings (SSSR count). The molecule has 0 unspecified atom stereocenters. The summed E-state index contributed by atoms with van der Waals surface area (Å²) in [5.41, 5.74) is 0.406. The average Bonchev–Trinajstić information content (AvgIpc) is 2.58. The number of carbonyl (C=O) groups excluding carboxylic acids is 2. The predicted octanol–water partition coefficient (Wildman–Crippen LogP) is 4.04. The monoisotopic (exact) mass is 386 g/mol. The molecule has 5 nitrogen and oxygen atoms in total. The Kier molecular flexibility index (Phi) is 6.10. The van der Waals surface area contributed by atoms with Crippen LogP contribution in [0.25, 0.3) is 0 Å². The Hall–Kier alpha value is -2.74. The molecule has 0 fully saturated rings. The summed E-state index contributed by atoms with van der Waals surface area (Å²) >= 11 is 5.96. The number of hydrogen-bond acceptors (Lipinski definition) is 3.